The van der Waals surface area contributed by atoms with Gasteiger partial charge in [-0.3, -0.25) is 0 Å². The lowest BCUT2D eigenvalue weighted by Gasteiger charge is -2.52. The van der Waals surface area contributed by atoms with Gasteiger partial charge in [-0.05, 0) is 47.8 Å². The maximum atomic E-state index is 6.67. The van der Waals surface area contributed by atoms with Gasteiger partial charge in [-0.25, -0.2) is 0 Å². The summed E-state index contributed by atoms with van der Waals surface area (Å²) in [5, 5.41) is 0. The highest BCUT2D eigenvalue weighted by Crippen LogP contribution is 2.77. The van der Waals surface area contributed by atoms with Crippen molar-refractivity contribution in [3.8, 4) is 0 Å². The van der Waals surface area contributed by atoms with E-state index in [9.17, 15) is 0 Å². The molecule has 0 aliphatic heterocycles. The Balaban J connectivity index is 2.15. The fourth-order valence-electron chi connectivity index (χ4n) is 5.05. The number of hydrogen-bond donors (Lipinski definition) is 1. The molecule has 0 heterocycles. The Labute approximate surface area is 87.4 Å². The number of rotatable bonds is 0. The fourth-order valence-corrected chi connectivity index (χ4v) is 5.05. The van der Waals surface area contributed by atoms with Crippen LogP contribution in [0.25, 0.3) is 0 Å². The lowest BCUT2D eigenvalue weighted by atomic mass is 9.56. The van der Waals surface area contributed by atoms with E-state index in [2.05, 4.69) is 27.7 Å². The van der Waals surface area contributed by atoms with Crippen molar-refractivity contribution in [1.29, 1.82) is 0 Å². The summed E-state index contributed by atoms with van der Waals surface area (Å²) in [6.07, 6.45) is 5.38. The van der Waals surface area contributed by atoms with Crippen molar-refractivity contribution >= 4 is 0 Å². The van der Waals surface area contributed by atoms with Gasteiger partial charge in [0, 0.05) is 5.54 Å². The summed E-state index contributed by atoms with van der Waals surface area (Å²) >= 11 is 0. The molecule has 4 aliphatic carbocycles. The lowest BCUT2D eigenvalue weighted by Crippen LogP contribution is -2.58. The molecule has 0 spiro atoms. The van der Waals surface area contributed by atoms with E-state index in [1.807, 2.05) is 0 Å². The monoisotopic (exact) mass is 193 g/mol. The van der Waals surface area contributed by atoms with E-state index >= 15 is 0 Å². The first-order valence-corrected chi connectivity index (χ1v) is 6.02. The van der Waals surface area contributed by atoms with Gasteiger partial charge in [0.05, 0.1) is 0 Å². The minimum atomic E-state index is 0.137. The predicted octanol–water partition coefficient (Wildman–Crippen LogP) is 2.94. The first-order chi connectivity index (χ1) is 6.23. The van der Waals surface area contributed by atoms with Crippen LogP contribution in [0.3, 0.4) is 0 Å². The third-order valence-electron chi connectivity index (χ3n) is 6.57. The van der Waals surface area contributed by atoms with Crippen molar-refractivity contribution in [3.05, 3.63) is 0 Å². The van der Waals surface area contributed by atoms with Gasteiger partial charge in [-0.1, -0.05) is 27.7 Å². The molecule has 1 heteroatoms. The van der Waals surface area contributed by atoms with Gasteiger partial charge in [0.2, 0.25) is 0 Å². The molecule has 4 fully saturated rings. The van der Waals surface area contributed by atoms with Crippen LogP contribution in [0.1, 0.15) is 53.4 Å². The van der Waals surface area contributed by atoms with Crippen LogP contribution in [0, 0.1) is 22.2 Å². The highest BCUT2D eigenvalue weighted by molar-refractivity contribution is 5.25. The van der Waals surface area contributed by atoms with E-state index in [1.165, 1.54) is 25.7 Å². The molecule has 4 saturated carbocycles. The lowest BCUT2D eigenvalue weighted by molar-refractivity contribution is 0.0186. The fraction of sp³-hybridized carbons (Fsp3) is 1.00. The summed E-state index contributed by atoms with van der Waals surface area (Å²) in [6, 6.07) is 0. The minimum absolute atomic E-state index is 0.137. The quantitative estimate of drug-likeness (QED) is 0.629. The number of hydrogen-bond acceptors (Lipinski definition) is 1. The molecule has 2 atom stereocenters. The third-order valence-corrected chi connectivity index (χ3v) is 6.57. The molecular weight excluding hydrogens is 170 g/mol. The van der Waals surface area contributed by atoms with Crippen LogP contribution >= 0.6 is 0 Å². The molecule has 0 aromatic rings. The third kappa shape index (κ3) is 0.680. The van der Waals surface area contributed by atoms with Crippen LogP contribution in [-0.4, -0.2) is 5.54 Å². The van der Waals surface area contributed by atoms with E-state index < -0.39 is 0 Å². The molecular formula is C13H23N. The molecule has 0 aromatic carbocycles. The topological polar surface area (TPSA) is 26.0 Å². The Morgan fingerprint density at radius 2 is 1.36 bits per heavy atom. The molecule has 4 bridgehead atoms. The highest BCUT2D eigenvalue weighted by Gasteiger charge is 2.72. The summed E-state index contributed by atoms with van der Waals surface area (Å²) in [6.45, 7) is 9.78. The zero-order valence-electron chi connectivity index (χ0n) is 9.98. The Morgan fingerprint density at radius 3 is 1.71 bits per heavy atom. The molecule has 4 rings (SSSR count). The molecule has 0 radical (unpaired) electrons. The maximum Gasteiger partial charge on any atom is 0.0219 e. The van der Waals surface area contributed by atoms with Crippen LogP contribution in [-0.2, 0) is 0 Å². The van der Waals surface area contributed by atoms with Gasteiger partial charge >= 0.3 is 0 Å². The van der Waals surface area contributed by atoms with Crippen molar-refractivity contribution in [2.24, 2.45) is 27.9 Å². The first-order valence-electron chi connectivity index (χ1n) is 6.02. The second-order valence-corrected chi connectivity index (χ2v) is 7.46. The zero-order chi connectivity index (χ0) is 10.4. The summed E-state index contributed by atoms with van der Waals surface area (Å²) in [5.41, 5.74) is 8.30. The Kier molecular flexibility index (Phi) is 1.27. The molecule has 4 aliphatic rings. The SMILES string of the molecule is CC12CC3CC1(C)CC(N)(C2)C3(C)C. The first kappa shape index (κ1) is 9.21. The standard InChI is InChI=1S/C13H23N/c1-10(2)9-5-11(3)7-13(10,14)8-12(11,4)6-9/h9H,5-8,14H2,1-4H3. The van der Waals surface area contributed by atoms with Crippen molar-refractivity contribution in [2.75, 3.05) is 0 Å². The summed E-state index contributed by atoms with van der Waals surface area (Å²) in [5.74, 6) is 0.880. The van der Waals surface area contributed by atoms with Crippen LogP contribution in [0.15, 0.2) is 0 Å². The van der Waals surface area contributed by atoms with Crippen LogP contribution in [0.2, 0.25) is 0 Å². The van der Waals surface area contributed by atoms with E-state index in [4.69, 9.17) is 5.73 Å². The smallest absolute Gasteiger partial charge is 0.0219 e. The van der Waals surface area contributed by atoms with E-state index in [0.717, 1.165) is 5.92 Å². The van der Waals surface area contributed by atoms with Crippen molar-refractivity contribution in [3.63, 3.8) is 0 Å². The van der Waals surface area contributed by atoms with Gasteiger partial charge in [-0.15, -0.1) is 0 Å². The average Bonchev–Trinajstić information content (AvgIpc) is 2.27. The van der Waals surface area contributed by atoms with Crippen molar-refractivity contribution < 1.29 is 0 Å². The molecule has 14 heavy (non-hydrogen) atoms. The zero-order valence-corrected chi connectivity index (χ0v) is 9.98. The average molecular weight is 193 g/mol. The summed E-state index contributed by atoms with van der Waals surface area (Å²) < 4.78 is 0. The Hall–Kier alpha value is -0.0400. The minimum Gasteiger partial charge on any atom is -0.325 e. The molecule has 2 N–H and O–H groups in total. The van der Waals surface area contributed by atoms with Crippen LogP contribution in [0.5, 0.6) is 0 Å². The molecule has 1 nitrogen and oxygen atoms in total. The van der Waals surface area contributed by atoms with Crippen molar-refractivity contribution in [2.45, 2.75) is 58.9 Å². The van der Waals surface area contributed by atoms with Gasteiger partial charge in [-0.2, -0.15) is 0 Å². The summed E-state index contributed by atoms with van der Waals surface area (Å²) in [7, 11) is 0. The maximum absolute atomic E-state index is 6.67. The highest BCUT2D eigenvalue weighted by atomic mass is 14.9. The number of nitrogens with two attached hydrogens (primary N) is 1. The molecule has 0 amide bonds. The largest absolute Gasteiger partial charge is 0.325 e. The second kappa shape index (κ2) is 1.93. The Morgan fingerprint density at radius 1 is 0.929 bits per heavy atom. The molecule has 2 unspecified atom stereocenters. The van der Waals surface area contributed by atoms with Crippen LogP contribution < -0.4 is 5.73 Å². The second-order valence-electron chi connectivity index (χ2n) is 7.46. The van der Waals surface area contributed by atoms with Gasteiger partial charge in [0.15, 0.2) is 0 Å². The normalized spacial score (nSPS) is 63.6. The summed E-state index contributed by atoms with van der Waals surface area (Å²) in [4.78, 5) is 0. The van der Waals surface area contributed by atoms with Crippen LogP contribution in [0.4, 0.5) is 0 Å². The van der Waals surface area contributed by atoms with Gasteiger partial charge in [0.1, 0.15) is 0 Å². The predicted molar refractivity (Wildman–Crippen MR) is 58.9 cm³/mol. The molecule has 0 saturated heterocycles. The molecule has 80 valence electrons. The van der Waals surface area contributed by atoms with Gasteiger partial charge < -0.3 is 5.73 Å². The molecule has 0 aromatic heterocycles. The van der Waals surface area contributed by atoms with Crippen molar-refractivity contribution in [1.82, 2.24) is 0 Å². The Bertz CT molecular complexity index is 286. The van der Waals surface area contributed by atoms with E-state index in [-0.39, 0.29) is 5.54 Å². The van der Waals surface area contributed by atoms with E-state index in [0.29, 0.717) is 16.2 Å². The van der Waals surface area contributed by atoms with Gasteiger partial charge in [0.25, 0.3) is 0 Å². The van der Waals surface area contributed by atoms with E-state index in [1.54, 1.807) is 0 Å².